The molecule has 0 aliphatic carbocycles. The van der Waals surface area contributed by atoms with Gasteiger partial charge in [-0.05, 0) is 52.1 Å². The largest absolute Gasteiger partial charge is 0.391 e. The van der Waals surface area contributed by atoms with E-state index >= 15 is 0 Å². The van der Waals surface area contributed by atoms with Crippen LogP contribution in [0.25, 0.3) is 0 Å². The van der Waals surface area contributed by atoms with Gasteiger partial charge >= 0.3 is 0 Å². The van der Waals surface area contributed by atoms with Crippen LogP contribution in [0, 0.1) is 5.92 Å². The Labute approximate surface area is 101 Å². The van der Waals surface area contributed by atoms with Crippen LogP contribution in [0.1, 0.15) is 59.8 Å². The highest BCUT2D eigenvalue weighted by molar-refractivity contribution is 4.91. The zero-order valence-corrected chi connectivity index (χ0v) is 11.5. The standard InChI is InChI=1S/C14H29NO/c1-5-12(6-2)11-13(16)14(3,4)15-9-7-8-10-15/h12-13,16H,5-11H2,1-4H3. The summed E-state index contributed by atoms with van der Waals surface area (Å²) in [7, 11) is 0. The predicted molar refractivity (Wildman–Crippen MR) is 69.6 cm³/mol. The summed E-state index contributed by atoms with van der Waals surface area (Å²) in [5.41, 5.74) is -0.0426. The maximum atomic E-state index is 10.4. The lowest BCUT2D eigenvalue weighted by molar-refractivity contribution is -0.0116. The van der Waals surface area contributed by atoms with E-state index in [1.54, 1.807) is 0 Å². The van der Waals surface area contributed by atoms with Crippen molar-refractivity contribution in [1.82, 2.24) is 4.90 Å². The third kappa shape index (κ3) is 3.21. The van der Waals surface area contributed by atoms with Crippen molar-refractivity contribution in [3.63, 3.8) is 0 Å². The smallest absolute Gasteiger partial charge is 0.0721 e. The molecular formula is C14H29NO. The third-order valence-electron chi connectivity index (χ3n) is 4.45. The lowest BCUT2D eigenvalue weighted by Crippen LogP contribution is -2.51. The Morgan fingerprint density at radius 2 is 1.62 bits per heavy atom. The summed E-state index contributed by atoms with van der Waals surface area (Å²) < 4.78 is 0. The molecule has 0 radical (unpaired) electrons. The number of aliphatic hydroxyl groups excluding tert-OH is 1. The monoisotopic (exact) mass is 227 g/mol. The van der Waals surface area contributed by atoms with E-state index < -0.39 is 0 Å². The summed E-state index contributed by atoms with van der Waals surface area (Å²) in [5, 5.41) is 10.4. The van der Waals surface area contributed by atoms with Crippen LogP contribution in [0.15, 0.2) is 0 Å². The minimum atomic E-state index is -0.185. The van der Waals surface area contributed by atoms with Gasteiger partial charge in [0.2, 0.25) is 0 Å². The molecule has 16 heavy (non-hydrogen) atoms. The summed E-state index contributed by atoms with van der Waals surface area (Å²) in [5.74, 6) is 0.678. The second-order valence-corrected chi connectivity index (χ2v) is 5.78. The average Bonchev–Trinajstić information content (AvgIpc) is 2.79. The van der Waals surface area contributed by atoms with Crippen molar-refractivity contribution < 1.29 is 5.11 Å². The van der Waals surface area contributed by atoms with Gasteiger partial charge < -0.3 is 5.11 Å². The molecule has 1 aliphatic rings. The zero-order valence-electron chi connectivity index (χ0n) is 11.5. The third-order valence-corrected chi connectivity index (χ3v) is 4.45. The minimum absolute atomic E-state index is 0.0426. The van der Waals surface area contributed by atoms with Gasteiger partial charge in [-0.3, -0.25) is 4.90 Å². The molecule has 0 amide bonds. The molecule has 2 heteroatoms. The summed E-state index contributed by atoms with van der Waals surface area (Å²) in [6, 6.07) is 0. The molecule has 0 spiro atoms. The molecule has 0 saturated carbocycles. The number of nitrogens with zero attached hydrogens (tertiary/aromatic N) is 1. The number of hydrogen-bond acceptors (Lipinski definition) is 2. The normalized spacial score (nSPS) is 20.6. The van der Waals surface area contributed by atoms with E-state index in [4.69, 9.17) is 0 Å². The van der Waals surface area contributed by atoms with Gasteiger partial charge in [0, 0.05) is 5.54 Å². The molecule has 1 atom stereocenters. The van der Waals surface area contributed by atoms with Crippen molar-refractivity contribution in [2.24, 2.45) is 5.92 Å². The Bertz CT molecular complexity index is 193. The van der Waals surface area contributed by atoms with E-state index in [0.29, 0.717) is 5.92 Å². The highest BCUT2D eigenvalue weighted by atomic mass is 16.3. The predicted octanol–water partition coefficient (Wildman–Crippen LogP) is 3.05. The van der Waals surface area contributed by atoms with Crippen LogP contribution in [0.3, 0.4) is 0 Å². The zero-order chi connectivity index (χ0) is 12.2. The number of likely N-dealkylation sites (tertiary alicyclic amines) is 1. The molecule has 0 aromatic rings. The van der Waals surface area contributed by atoms with Gasteiger partial charge in [0.15, 0.2) is 0 Å². The van der Waals surface area contributed by atoms with Crippen LogP contribution < -0.4 is 0 Å². The van der Waals surface area contributed by atoms with Gasteiger partial charge in [-0.2, -0.15) is 0 Å². The number of aliphatic hydroxyl groups is 1. The van der Waals surface area contributed by atoms with Crippen LogP contribution in [0.4, 0.5) is 0 Å². The maximum Gasteiger partial charge on any atom is 0.0721 e. The number of hydrogen-bond donors (Lipinski definition) is 1. The Morgan fingerprint density at radius 3 is 2.06 bits per heavy atom. The second kappa shape index (κ2) is 6.02. The molecule has 1 unspecified atom stereocenters. The Morgan fingerprint density at radius 1 is 1.12 bits per heavy atom. The summed E-state index contributed by atoms with van der Waals surface area (Å²) in [6.07, 6.45) is 5.72. The molecule has 2 nitrogen and oxygen atoms in total. The van der Waals surface area contributed by atoms with Crippen LogP contribution in [0.2, 0.25) is 0 Å². The van der Waals surface area contributed by atoms with Gasteiger partial charge in [-0.15, -0.1) is 0 Å². The Kier molecular flexibility index (Phi) is 5.26. The first-order valence-corrected chi connectivity index (χ1v) is 6.95. The lowest BCUT2D eigenvalue weighted by Gasteiger charge is -2.40. The highest BCUT2D eigenvalue weighted by Crippen LogP contribution is 2.29. The highest BCUT2D eigenvalue weighted by Gasteiger charge is 2.36. The van der Waals surface area contributed by atoms with Crippen molar-refractivity contribution >= 4 is 0 Å². The van der Waals surface area contributed by atoms with Crippen molar-refractivity contribution in [3.8, 4) is 0 Å². The molecule has 0 aromatic carbocycles. The van der Waals surface area contributed by atoms with E-state index in [0.717, 1.165) is 19.5 Å². The summed E-state index contributed by atoms with van der Waals surface area (Å²) in [6.45, 7) is 11.2. The average molecular weight is 227 g/mol. The summed E-state index contributed by atoms with van der Waals surface area (Å²) >= 11 is 0. The lowest BCUT2D eigenvalue weighted by atomic mass is 9.86. The first kappa shape index (κ1) is 14.0. The molecule has 0 aromatic heterocycles. The second-order valence-electron chi connectivity index (χ2n) is 5.78. The molecule has 1 N–H and O–H groups in total. The van der Waals surface area contributed by atoms with E-state index in [1.807, 2.05) is 0 Å². The van der Waals surface area contributed by atoms with Crippen molar-refractivity contribution in [2.75, 3.05) is 13.1 Å². The first-order chi connectivity index (χ1) is 7.52. The van der Waals surface area contributed by atoms with Gasteiger partial charge in [0.25, 0.3) is 0 Å². The van der Waals surface area contributed by atoms with Crippen LogP contribution in [0.5, 0.6) is 0 Å². The molecular weight excluding hydrogens is 198 g/mol. The topological polar surface area (TPSA) is 23.5 Å². The van der Waals surface area contributed by atoms with E-state index in [-0.39, 0.29) is 11.6 Å². The van der Waals surface area contributed by atoms with Gasteiger partial charge in [-0.25, -0.2) is 0 Å². The van der Waals surface area contributed by atoms with Crippen LogP contribution >= 0.6 is 0 Å². The van der Waals surface area contributed by atoms with Crippen molar-refractivity contribution in [2.45, 2.75) is 71.4 Å². The molecule has 1 rings (SSSR count). The van der Waals surface area contributed by atoms with E-state index in [1.165, 1.54) is 25.7 Å². The quantitative estimate of drug-likeness (QED) is 0.754. The molecule has 1 aliphatic heterocycles. The fraction of sp³-hybridized carbons (Fsp3) is 1.00. The fourth-order valence-corrected chi connectivity index (χ4v) is 2.73. The maximum absolute atomic E-state index is 10.4. The van der Waals surface area contributed by atoms with Crippen molar-refractivity contribution in [1.29, 1.82) is 0 Å². The molecule has 1 fully saturated rings. The molecule has 0 bridgehead atoms. The molecule has 1 saturated heterocycles. The van der Waals surface area contributed by atoms with Crippen LogP contribution in [-0.4, -0.2) is 34.7 Å². The number of rotatable bonds is 6. The SMILES string of the molecule is CCC(CC)CC(O)C(C)(C)N1CCCC1. The minimum Gasteiger partial charge on any atom is -0.391 e. The van der Waals surface area contributed by atoms with Crippen molar-refractivity contribution in [3.05, 3.63) is 0 Å². The Balaban J connectivity index is 2.52. The summed E-state index contributed by atoms with van der Waals surface area (Å²) in [4.78, 5) is 2.46. The van der Waals surface area contributed by atoms with E-state index in [9.17, 15) is 5.11 Å². The van der Waals surface area contributed by atoms with Crippen LogP contribution in [-0.2, 0) is 0 Å². The molecule has 1 heterocycles. The molecule has 96 valence electrons. The van der Waals surface area contributed by atoms with Gasteiger partial charge in [0.05, 0.1) is 6.10 Å². The van der Waals surface area contributed by atoms with Gasteiger partial charge in [-0.1, -0.05) is 26.7 Å². The fourth-order valence-electron chi connectivity index (χ4n) is 2.73. The van der Waals surface area contributed by atoms with E-state index in [2.05, 4.69) is 32.6 Å². The first-order valence-electron chi connectivity index (χ1n) is 6.95. The Hall–Kier alpha value is -0.0800. The van der Waals surface area contributed by atoms with Gasteiger partial charge in [0.1, 0.15) is 0 Å².